The molecule has 0 amide bonds. The summed E-state index contributed by atoms with van der Waals surface area (Å²) in [5.74, 6) is 6.03. The van der Waals surface area contributed by atoms with E-state index >= 15 is 0 Å². The molecule has 19 heavy (non-hydrogen) atoms. The van der Waals surface area contributed by atoms with E-state index in [1.54, 1.807) is 13.0 Å². The second-order valence-electron chi connectivity index (χ2n) is 3.98. The molecule has 1 aromatic carbocycles. The predicted molar refractivity (Wildman–Crippen MR) is 70.8 cm³/mol. The molecule has 0 heterocycles. The van der Waals surface area contributed by atoms with Crippen molar-refractivity contribution >= 4 is 16.9 Å². The molecule has 0 aliphatic rings. The van der Waals surface area contributed by atoms with Crippen LogP contribution in [0.5, 0.6) is 0 Å². The van der Waals surface area contributed by atoms with E-state index in [1.165, 1.54) is 6.92 Å². The third-order valence-corrected chi connectivity index (χ3v) is 2.98. The molecule has 5 heteroatoms. The highest BCUT2D eigenvalue weighted by Crippen LogP contribution is 2.30. The van der Waals surface area contributed by atoms with Crippen LogP contribution in [0, 0.1) is 18.8 Å². The summed E-state index contributed by atoms with van der Waals surface area (Å²) in [6, 6.07) is 3.75. The zero-order valence-electron chi connectivity index (χ0n) is 10.6. The molecular formula is C14H13F3OS. The average molecular weight is 286 g/mol. The Balaban J connectivity index is 2.77. The first-order valence-corrected chi connectivity index (χ1v) is 6.59. The number of alkyl halides is 3. The van der Waals surface area contributed by atoms with Crippen LogP contribution in [-0.2, 0) is 11.0 Å². The molecule has 102 valence electrons. The van der Waals surface area contributed by atoms with Gasteiger partial charge in [-0.05, 0) is 30.7 Å². The minimum Gasteiger partial charge on any atom is -0.288 e. The second kappa shape index (κ2) is 6.67. The number of thioether (sulfide) groups is 1. The summed E-state index contributed by atoms with van der Waals surface area (Å²) in [5.41, 5.74) is 0.187. The monoisotopic (exact) mass is 286 g/mol. The van der Waals surface area contributed by atoms with Gasteiger partial charge in [-0.3, -0.25) is 4.79 Å². The number of halogens is 3. The molecule has 0 unspecified atom stereocenters. The largest absolute Gasteiger partial charge is 0.416 e. The number of hydrogen-bond acceptors (Lipinski definition) is 2. The van der Waals surface area contributed by atoms with Gasteiger partial charge in [0.1, 0.15) is 0 Å². The van der Waals surface area contributed by atoms with Crippen molar-refractivity contribution in [2.45, 2.75) is 26.4 Å². The van der Waals surface area contributed by atoms with Crippen LogP contribution in [0.15, 0.2) is 18.2 Å². The maximum Gasteiger partial charge on any atom is 0.416 e. The average Bonchev–Trinajstić information content (AvgIpc) is 2.26. The smallest absolute Gasteiger partial charge is 0.288 e. The van der Waals surface area contributed by atoms with Crippen molar-refractivity contribution < 1.29 is 18.0 Å². The van der Waals surface area contributed by atoms with Gasteiger partial charge >= 0.3 is 6.18 Å². The molecule has 1 rings (SSSR count). The number of carbonyl (C=O) groups excluding carboxylic acids is 1. The summed E-state index contributed by atoms with van der Waals surface area (Å²) in [4.78, 5) is 10.7. The van der Waals surface area contributed by atoms with E-state index in [1.807, 2.05) is 0 Å². The van der Waals surface area contributed by atoms with Crippen LogP contribution in [0.2, 0.25) is 0 Å². The fourth-order valence-electron chi connectivity index (χ4n) is 1.43. The van der Waals surface area contributed by atoms with Gasteiger partial charge in [-0.1, -0.05) is 23.6 Å². The predicted octanol–water partition coefficient (Wildman–Crippen LogP) is 4.04. The first-order chi connectivity index (χ1) is 8.79. The fourth-order valence-corrected chi connectivity index (χ4v) is 1.92. The van der Waals surface area contributed by atoms with Crippen molar-refractivity contribution in [2.24, 2.45) is 0 Å². The highest BCUT2D eigenvalue weighted by atomic mass is 32.2. The summed E-state index contributed by atoms with van der Waals surface area (Å²) >= 11 is 1.16. The minimum atomic E-state index is -4.35. The van der Waals surface area contributed by atoms with Crippen molar-refractivity contribution in [1.29, 1.82) is 0 Å². The standard InChI is InChI=1S/C14H13F3OS/c1-10-7-12(5-3-4-6-19-11(2)18)9-13(8-10)14(15,16)17/h7-9H,4,6H2,1-2H3. The van der Waals surface area contributed by atoms with Gasteiger partial charge in [0.2, 0.25) is 0 Å². The Morgan fingerprint density at radius 1 is 1.32 bits per heavy atom. The Labute approximate surface area is 114 Å². The van der Waals surface area contributed by atoms with Crippen LogP contribution in [0.1, 0.15) is 30.0 Å². The maximum atomic E-state index is 12.6. The van der Waals surface area contributed by atoms with E-state index in [2.05, 4.69) is 11.8 Å². The SMILES string of the molecule is CC(=O)SCCC#Cc1cc(C)cc(C(F)(F)F)c1. The van der Waals surface area contributed by atoms with Gasteiger partial charge in [-0.25, -0.2) is 0 Å². The van der Waals surface area contributed by atoms with Gasteiger partial charge in [0.25, 0.3) is 0 Å². The minimum absolute atomic E-state index is 0.0108. The maximum absolute atomic E-state index is 12.6. The van der Waals surface area contributed by atoms with Gasteiger partial charge in [0, 0.05) is 24.7 Å². The van der Waals surface area contributed by atoms with E-state index in [0.29, 0.717) is 23.3 Å². The van der Waals surface area contributed by atoms with Crippen molar-refractivity contribution in [1.82, 2.24) is 0 Å². The molecule has 0 saturated carbocycles. The van der Waals surface area contributed by atoms with Crippen LogP contribution >= 0.6 is 11.8 Å². The normalized spacial score (nSPS) is 10.8. The van der Waals surface area contributed by atoms with E-state index in [0.717, 1.165) is 23.9 Å². The Bertz CT molecular complexity index is 524. The Morgan fingerprint density at radius 2 is 2.00 bits per heavy atom. The highest BCUT2D eigenvalue weighted by Gasteiger charge is 2.30. The van der Waals surface area contributed by atoms with E-state index in [9.17, 15) is 18.0 Å². The molecule has 1 nitrogen and oxygen atoms in total. The molecular weight excluding hydrogens is 273 g/mol. The van der Waals surface area contributed by atoms with Crippen molar-refractivity contribution in [2.75, 3.05) is 5.75 Å². The summed E-state index contributed by atoms with van der Waals surface area (Å²) in [6.45, 7) is 3.07. The zero-order valence-corrected chi connectivity index (χ0v) is 11.4. The highest BCUT2D eigenvalue weighted by molar-refractivity contribution is 8.13. The van der Waals surface area contributed by atoms with Crippen LogP contribution in [-0.4, -0.2) is 10.9 Å². The fraction of sp³-hybridized carbons (Fsp3) is 0.357. The molecule has 0 fully saturated rings. The number of aryl methyl sites for hydroxylation is 1. The van der Waals surface area contributed by atoms with Crippen LogP contribution in [0.25, 0.3) is 0 Å². The molecule has 0 saturated heterocycles. The van der Waals surface area contributed by atoms with Gasteiger partial charge in [-0.15, -0.1) is 0 Å². The Morgan fingerprint density at radius 3 is 2.58 bits per heavy atom. The van der Waals surface area contributed by atoms with E-state index < -0.39 is 11.7 Å². The summed E-state index contributed by atoms with van der Waals surface area (Å²) in [7, 11) is 0. The van der Waals surface area contributed by atoms with Crippen LogP contribution in [0.4, 0.5) is 13.2 Å². The molecule has 0 bridgehead atoms. The quantitative estimate of drug-likeness (QED) is 0.603. The molecule has 0 N–H and O–H groups in total. The lowest BCUT2D eigenvalue weighted by Crippen LogP contribution is -2.05. The summed E-state index contributed by atoms with van der Waals surface area (Å²) in [5, 5.41) is 0.0108. The van der Waals surface area contributed by atoms with Crippen molar-refractivity contribution in [3.05, 3.63) is 34.9 Å². The number of rotatable bonds is 2. The molecule has 1 aromatic rings. The van der Waals surface area contributed by atoms with Gasteiger partial charge < -0.3 is 0 Å². The third-order valence-electron chi connectivity index (χ3n) is 2.17. The molecule has 0 spiro atoms. The molecule has 0 aliphatic carbocycles. The summed E-state index contributed by atoms with van der Waals surface area (Å²) in [6.07, 6.45) is -3.88. The van der Waals surface area contributed by atoms with Crippen molar-refractivity contribution in [3.63, 3.8) is 0 Å². The number of hydrogen-bond donors (Lipinski definition) is 0. The molecule has 0 aromatic heterocycles. The Hall–Kier alpha value is -1.41. The van der Waals surface area contributed by atoms with Crippen molar-refractivity contribution in [3.8, 4) is 11.8 Å². The molecule has 0 atom stereocenters. The molecule has 0 aliphatic heterocycles. The van der Waals surface area contributed by atoms with E-state index in [4.69, 9.17) is 0 Å². The Kier molecular flexibility index (Phi) is 5.49. The van der Waals surface area contributed by atoms with Gasteiger partial charge in [0.15, 0.2) is 5.12 Å². The summed E-state index contributed by atoms with van der Waals surface area (Å²) < 4.78 is 37.8. The second-order valence-corrected chi connectivity index (χ2v) is 5.25. The number of carbonyl (C=O) groups is 1. The zero-order chi connectivity index (χ0) is 14.5. The number of benzene rings is 1. The van der Waals surface area contributed by atoms with E-state index in [-0.39, 0.29) is 5.12 Å². The topological polar surface area (TPSA) is 17.1 Å². The first kappa shape index (κ1) is 15.6. The van der Waals surface area contributed by atoms with Gasteiger partial charge in [0.05, 0.1) is 5.56 Å². The van der Waals surface area contributed by atoms with Crippen LogP contribution < -0.4 is 0 Å². The first-order valence-electron chi connectivity index (χ1n) is 5.60. The lowest BCUT2D eigenvalue weighted by atomic mass is 10.1. The lowest BCUT2D eigenvalue weighted by Gasteiger charge is -2.07. The third kappa shape index (κ3) is 5.84. The molecule has 0 radical (unpaired) electrons. The van der Waals surface area contributed by atoms with Crippen LogP contribution in [0.3, 0.4) is 0 Å². The van der Waals surface area contributed by atoms with Gasteiger partial charge in [-0.2, -0.15) is 13.2 Å². The lowest BCUT2D eigenvalue weighted by molar-refractivity contribution is -0.137.